The highest BCUT2D eigenvalue weighted by Gasteiger charge is 2.17. The molecule has 0 spiro atoms. The quantitative estimate of drug-likeness (QED) is 0.326. The summed E-state index contributed by atoms with van der Waals surface area (Å²) >= 11 is 24.9. The molecule has 3 rings (SSSR count). The lowest BCUT2D eigenvalue weighted by Gasteiger charge is -2.13. The van der Waals surface area contributed by atoms with Gasteiger partial charge in [0.1, 0.15) is 5.15 Å². The molecule has 0 amide bonds. The van der Waals surface area contributed by atoms with Gasteiger partial charge in [-0.2, -0.15) is 0 Å². The Morgan fingerprint density at radius 2 is 1.81 bits per heavy atom. The van der Waals surface area contributed by atoms with E-state index in [1.807, 2.05) is 19.1 Å². The first-order chi connectivity index (χ1) is 10.0. The van der Waals surface area contributed by atoms with Crippen LogP contribution < -0.4 is 0 Å². The van der Waals surface area contributed by atoms with Crippen LogP contribution >= 0.6 is 46.4 Å². The summed E-state index contributed by atoms with van der Waals surface area (Å²) in [5.41, 5.74) is 3.10. The van der Waals surface area contributed by atoms with Gasteiger partial charge in [0.2, 0.25) is 0 Å². The molecule has 2 nitrogen and oxygen atoms in total. The molecule has 0 bridgehead atoms. The van der Waals surface area contributed by atoms with Gasteiger partial charge < -0.3 is 0 Å². The zero-order valence-electron chi connectivity index (χ0n) is 11.1. The smallest absolute Gasteiger partial charge is 0.140 e. The third-order valence-electron chi connectivity index (χ3n) is 3.44. The van der Waals surface area contributed by atoms with Crippen LogP contribution in [-0.2, 0) is 6.42 Å². The predicted octanol–water partition coefficient (Wildman–Crippen LogP) is 5.83. The van der Waals surface area contributed by atoms with Crippen molar-refractivity contribution in [2.75, 3.05) is 5.88 Å². The zero-order chi connectivity index (χ0) is 15.1. The summed E-state index contributed by atoms with van der Waals surface area (Å²) in [6.45, 7) is 1.91. The third-order valence-corrected chi connectivity index (χ3v) is 4.62. The lowest BCUT2D eigenvalue weighted by atomic mass is 10.1. The number of nitrogens with zero attached hydrogens (tertiary/aromatic N) is 2. The van der Waals surface area contributed by atoms with E-state index < -0.39 is 0 Å². The van der Waals surface area contributed by atoms with Crippen LogP contribution in [0.15, 0.2) is 18.2 Å². The van der Waals surface area contributed by atoms with E-state index >= 15 is 0 Å². The Hall–Kier alpha value is -0.800. The highest BCUT2D eigenvalue weighted by Crippen LogP contribution is 2.37. The monoisotopic (exact) mass is 358 g/mol. The van der Waals surface area contributed by atoms with E-state index in [0.717, 1.165) is 16.6 Å². The molecule has 108 valence electrons. The summed E-state index contributed by atoms with van der Waals surface area (Å²) in [6.07, 6.45) is 0.638. The second-order valence-corrected chi connectivity index (χ2v) is 6.21. The highest BCUT2D eigenvalue weighted by atomic mass is 35.5. The van der Waals surface area contributed by atoms with E-state index in [0.29, 0.717) is 43.9 Å². The van der Waals surface area contributed by atoms with Gasteiger partial charge >= 0.3 is 0 Å². The minimum absolute atomic E-state index is 0.305. The first-order valence-corrected chi connectivity index (χ1v) is 7.99. The average molecular weight is 360 g/mol. The molecule has 21 heavy (non-hydrogen) atoms. The highest BCUT2D eigenvalue weighted by molar-refractivity contribution is 6.44. The Bertz CT molecular complexity index is 862. The summed E-state index contributed by atoms with van der Waals surface area (Å²) in [6, 6.07) is 5.55. The zero-order valence-corrected chi connectivity index (χ0v) is 14.1. The van der Waals surface area contributed by atoms with Crippen molar-refractivity contribution in [2.24, 2.45) is 0 Å². The van der Waals surface area contributed by atoms with E-state index in [9.17, 15) is 0 Å². The molecule has 0 unspecified atom stereocenters. The maximum atomic E-state index is 6.52. The molecule has 0 radical (unpaired) electrons. The second kappa shape index (κ2) is 5.77. The first kappa shape index (κ1) is 15.1. The van der Waals surface area contributed by atoms with Gasteiger partial charge in [-0.05, 0) is 25.0 Å². The van der Waals surface area contributed by atoms with Gasteiger partial charge in [0.15, 0.2) is 0 Å². The van der Waals surface area contributed by atoms with E-state index in [1.54, 1.807) is 6.07 Å². The fourth-order valence-electron chi connectivity index (χ4n) is 2.45. The lowest BCUT2D eigenvalue weighted by Crippen LogP contribution is -1.99. The first-order valence-electron chi connectivity index (χ1n) is 6.33. The number of halogens is 4. The molecule has 0 atom stereocenters. The molecule has 6 heteroatoms. The van der Waals surface area contributed by atoms with Crippen molar-refractivity contribution in [3.63, 3.8) is 0 Å². The number of hydrogen-bond acceptors (Lipinski definition) is 2. The van der Waals surface area contributed by atoms with Crippen molar-refractivity contribution in [3.05, 3.63) is 44.7 Å². The van der Waals surface area contributed by atoms with Gasteiger partial charge in [-0.15, -0.1) is 11.6 Å². The molecule has 0 aliphatic heterocycles. The number of para-hydroxylation sites is 1. The predicted molar refractivity (Wildman–Crippen MR) is 91.2 cm³/mol. The van der Waals surface area contributed by atoms with Crippen LogP contribution in [0.2, 0.25) is 15.2 Å². The number of hydrogen-bond donors (Lipinski definition) is 0. The molecule has 0 aliphatic rings. The summed E-state index contributed by atoms with van der Waals surface area (Å²) in [7, 11) is 0. The molecular weight excluding hydrogens is 350 g/mol. The van der Waals surface area contributed by atoms with Crippen LogP contribution in [0, 0.1) is 6.92 Å². The number of benzene rings is 1. The van der Waals surface area contributed by atoms with E-state index in [-0.39, 0.29) is 0 Å². The number of aryl methyl sites for hydroxylation is 1. The fourth-order valence-corrected chi connectivity index (χ4v) is 3.58. The molecule has 0 saturated heterocycles. The number of fused-ring (bicyclic) bond motifs is 3. The van der Waals surface area contributed by atoms with Crippen LogP contribution in [0.3, 0.4) is 0 Å². The Morgan fingerprint density at radius 1 is 1.05 bits per heavy atom. The van der Waals surface area contributed by atoms with Crippen LogP contribution in [-0.4, -0.2) is 15.8 Å². The molecular formula is C15H10Cl4N2. The molecule has 0 N–H and O–H groups in total. The maximum Gasteiger partial charge on any atom is 0.140 e. The summed E-state index contributed by atoms with van der Waals surface area (Å²) in [5.74, 6) is 0.470. The Balaban J connectivity index is 2.52. The minimum atomic E-state index is 0.305. The van der Waals surface area contributed by atoms with Gasteiger partial charge in [0.05, 0.1) is 26.5 Å². The van der Waals surface area contributed by atoms with E-state index in [4.69, 9.17) is 46.4 Å². The second-order valence-electron chi connectivity index (χ2n) is 4.69. The minimum Gasteiger partial charge on any atom is -0.252 e. The number of alkyl halides is 1. The molecule has 3 aromatic rings. The molecule has 2 aromatic heterocycles. The van der Waals surface area contributed by atoms with Crippen molar-refractivity contribution in [1.82, 2.24) is 9.97 Å². The van der Waals surface area contributed by atoms with Gasteiger partial charge in [-0.1, -0.05) is 46.9 Å². The number of aromatic nitrogens is 2. The Labute approximate surface area is 142 Å². The van der Waals surface area contributed by atoms with Crippen LogP contribution in [0.1, 0.15) is 11.3 Å². The lowest BCUT2D eigenvalue weighted by molar-refractivity contribution is 1.08. The summed E-state index contributed by atoms with van der Waals surface area (Å²) < 4.78 is 0. The topological polar surface area (TPSA) is 25.8 Å². The molecule has 2 heterocycles. The van der Waals surface area contributed by atoms with E-state index in [1.165, 1.54) is 0 Å². The standard InChI is InChI=1S/C15H10Cl4N2/c1-7-8(5-6-16)12(18)11-14(20-7)9-3-2-4-10(17)13(9)21-15(11)19/h2-4H,5-6H2,1H3. The van der Waals surface area contributed by atoms with Gasteiger partial charge in [0, 0.05) is 17.0 Å². The molecule has 1 aromatic carbocycles. The fraction of sp³-hybridized carbons (Fsp3) is 0.200. The number of pyridine rings is 2. The molecule has 0 saturated carbocycles. The largest absolute Gasteiger partial charge is 0.252 e. The van der Waals surface area contributed by atoms with Crippen molar-refractivity contribution in [1.29, 1.82) is 0 Å². The van der Waals surface area contributed by atoms with Crippen LogP contribution in [0.25, 0.3) is 21.8 Å². The Morgan fingerprint density at radius 3 is 2.52 bits per heavy atom. The van der Waals surface area contributed by atoms with Crippen molar-refractivity contribution < 1.29 is 0 Å². The average Bonchev–Trinajstić information content (AvgIpc) is 2.44. The van der Waals surface area contributed by atoms with Gasteiger partial charge in [-0.25, -0.2) is 4.98 Å². The SMILES string of the molecule is Cc1nc2c(c(Cl)nc3c(Cl)cccc32)c(Cl)c1CCCl. The van der Waals surface area contributed by atoms with Gasteiger partial charge in [-0.3, -0.25) is 4.98 Å². The van der Waals surface area contributed by atoms with Crippen molar-refractivity contribution >= 4 is 68.2 Å². The Kier molecular flexibility index (Phi) is 4.15. The third kappa shape index (κ3) is 2.44. The normalized spacial score (nSPS) is 11.5. The molecule has 0 fully saturated rings. The molecule has 0 aliphatic carbocycles. The van der Waals surface area contributed by atoms with Crippen LogP contribution in [0.5, 0.6) is 0 Å². The van der Waals surface area contributed by atoms with Gasteiger partial charge in [0.25, 0.3) is 0 Å². The van der Waals surface area contributed by atoms with Crippen molar-refractivity contribution in [3.8, 4) is 0 Å². The summed E-state index contributed by atoms with van der Waals surface area (Å²) in [4.78, 5) is 9.03. The summed E-state index contributed by atoms with van der Waals surface area (Å²) in [5, 5.41) is 2.90. The maximum absolute atomic E-state index is 6.52. The van der Waals surface area contributed by atoms with Crippen molar-refractivity contribution in [2.45, 2.75) is 13.3 Å². The number of rotatable bonds is 2. The van der Waals surface area contributed by atoms with Crippen LogP contribution in [0.4, 0.5) is 0 Å². The van der Waals surface area contributed by atoms with E-state index in [2.05, 4.69) is 9.97 Å².